The fraction of sp³-hybridized carbons (Fsp3) is 0.0833. The van der Waals surface area contributed by atoms with Crippen LogP contribution in [-0.4, -0.2) is 10.8 Å². The lowest BCUT2D eigenvalue weighted by Gasteiger charge is -2.08. The zero-order valence-corrected chi connectivity index (χ0v) is 13.6. The number of hydrogen-bond acceptors (Lipinski definition) is 5. The van der Waals surface area contributed by atoms with E-state index >= 15 is 0 Å². The average Bonchev–Trinajstić information content (AvgIpc) is 2.84. The lowest BCUT2D eigenvalue weighted by Crippen LogP contribution is -2.23. The first kappa shape index (κ1) is 15.7. The molecule has 3 N–H and O–H groups in total. The van der Waals surface area contributed by atoms with Crippen LogP contribution in [0.1, 0.15) is 15.2 Å². The van der Waals surface area contributed by atoms with Crippen LogP contribution in [0.2, 0.25) is 5.02 Å². The number of carbonyl (C=O) groups is 1. The van der Waals surface area contributed by atoms with Gasteiger partial charge in [0.25, 0.3) is 11.6 Å². The number of nitrogens with zero attached hydrogens (tertiary/aromatic N) is 1. The largest absolute Gasteiger partial charge is 0.397 e. The molecule has 0 bridgehead atoms. The minimum Gasteiger partial charge on any atom is -0.397 e. The Morgan fingerprint density at radius 1 is 1.48 bits per heavy atom. The fourth-order valence-corrected chi connectivity index (χ4v) is 3.21. The van der Waals surface area contributed by atoms with Gasteiger partial charge in [0.05, 0.1) is 27.7 Å². The van der Waals surface area contributed by atoms with E-state index in [0.717, 1.165) is 21.5 Å². The second-order valence-electron chi connectivity index (χ2n) is 4.06. The van der Waals surface area contributed by atoms with Crippen LogP contribution in [0.25, 0.3) is 0 Å². The molecular formula is C12H9BrClN3O3S. The van der Waals surface area contributed by atoms with Crippen LogP contribution < -0.4 is 11.1 Å². The highest BCUT2D eigenvalue weighted by molar-refractivity contribution is 9.10. The molecule has 9 heteroatoms. The summed E-state index contributed by atoms with van der Waals surface area (Å²) in [7, 11) is 0. The number of nitrogens with two attached hydrogens (primary N) is 1. The van der Waals surface area contributed by atoms with Crippen LogP contribution in [-0.2, 0) is 6.54 Å². The van der Waals surface area contributed by atoms with Crippen molar-refractivity contribution in [2.45, 2.75) is 6.54 Å². The Morgan fingerprint density at radius 2 is 2.19 bits per heavy atom. The molecule has 1 amide bonds. The van der Waals surface area contributed by atoms with Crippen molar-refractivity contribution in [1.29, 1.82) is 0 Å². The summed E-state index contributed by atoms with van der Waals surface area (Å²) < 4.78 is 0.926. The molecule has 110 valence electrons. The summed E-state index contributed by atoms with van der Waals surface area (Å²) >= 11 is 10.6. The zero-order valence-electron chi connectivity index (χ0n) is 10.4. The Kier molecular flexibility index (Phi) is 4.81. The molecular weight excluding hydrogens is 382 g/mol. The highest BCUT2D eigenvalue weighted by Crippen LogP contribution is 2.29. The number of nitrogens with one attached hydrogen (secondary N) is 1. The number of rotatable bonds is 4. The van der Waals surface area contributed by atoms with E-state index in [1.807, 2.05) is 11.4 Å². The van der Waals surface area contributed by atoms with Crippen LogP contribution in [0.5, 0.6) is 0 Å². The van der Waals surface area contributed by atoms with E-state index in [9.17, 15) is 14.9 Å². The molecule has 1 heterocycles. The highest BCUT2D eigenvalue weighted by atomic mass is 79.9. The van der Waals surface area contributed by atoms with E-state index in [1.54, 1.807) is 0 Å². The van der Waals surface area contributed by atoms with Gasteiger partial charge in [-0.25, -0.2) is 0 Å². The average molecular weight is 391 g/mol. The Bertz CT molecular complexity index is 720. The van der Waals surface area contributed by atoms with Gasteiger partial charge in [-0.3, -0.25) is 14.9 Å². The molecule has 2 aromatic rings. The number of nitrogen functional groups attached to an aromatic ring is 1. The molecule has 0 saturated heterocycles. The van der Waals surface area contributed by atoms with Gasteiger partial charge in [-0.05, 0) is 22.0 Å². The van der Waals surface area contributed by atoms with Crippen molar-refractivity contribution in [2.75, 3.05) is 5.73 Å². The van der Waals surface area contributed by atoms with Crippen LogP contribution >= 0.6 is 38.9 Å². The molecule has 0 spiro atoms. The first-order valence-electron chi connectivity index (χ1n) is 5.63. The van der Waals surface area contributed by atoms with E-state index in [4.69, 9.17) is 17.3 Å². The van der Waals surface area contributed by atoms with Crippen LogP contribution in [0.15, 0.2) is 28.1 Å². The number of benzene rings is 1. The number of halogens is 2. The van der Waals surface area contributed by atoms with Gasteiger partial charge < -0.3 is 11.1 Å². The molecule has 0 atom stereocenters. The second-order valence-corrected chi connectivity index (χ2v) is 6.38. The monoisotopic (exact) mass is 389 g/mol. The number of non-ortho nitro benzene ring substituents is 1. The minimum atomic E-state index is -0.627. The third kappa shape index (κ3) is 3.72. The molecule has 2 rings (SSSR count). The zero-order chi connectivity index (χ0) is 15.6. The number of anilines is 1. The Labute approximate surface area is 137 Å². The third-order valence-electron chi connectivity index (χ3n) is 2.61. The second kappa shape index (κ2) is 6.42. The molecule has 0 radical (unpaired) electrons. The summed E-state index contributed by atoms with van der Waals surface area (Å²) in [6.45, 7) is 0.300. The molecule has 1 aromatic carbocycles. The Morgan fingerprint density at radius 3 is 2.76 bits per heavy atom. The normalized spacial score (nSPS) is 10.4. The van der Waals surface area contributed by atoms with Crippen molar-refractivity contribution in [3.63, 3.8) is 0 Å². The first-order valence-corrected chi connectivity index (χ1v) is 7.68. The molecule has 0 aliphatic carbocycles. The molecule has 0 saturated carbocycles. The lowest BCUT2D eigenvalue weighted by atomic mass is 10.1. The van der Waals surface area contributed by atoms with Crippen molar-refractivity contribution in [1.82, 2.24) is 5.32 Å². The fourth-order valence-electron chi connectivity index (χ4n) is 1.61. The summed E-state index contributed by atoms with van der Waals surface area (Å²) in [4.78, 5) is 23.2. The maximum Gasteiger partial charge on any atom is 0.271 e. The van der Waals surface area contributed by atoms with Gasteiger partial charge in [0.1, 0.15) is 0 Å². The number of amides is 1. The maximum absolute atomic E-state index is 12.1. The predicted octanol–water partition coefficient (Wildman–Crippen LogP) is 3.58. The summed E-state index contributed by atoms with van der Waals surface area (Å²) in [6.07, 6.45) is 0. The van der Waals surface area contributed by atoms with Crippen molar-refractivity contribution >= 4 is 56.1 Å². The summed E-state index contributed by atoms with van der Waals surface area (Å²) in [5, 5.41) is 15.3. The smallest absolute Gasteiger partial charge is 0.271 e. The van der Waals surface area contributed by atoms with E-state index < -0.39 is 10.8 Å². The van der Waals surface area contributed by atoms with Gasteiger partial charge in [-0.15, -0.1) is 11.3 Å². The molecule has 0 unspecified atom stereocenters. The number of nitro groups is 1. The van der Waals surface area contributed by atoms with Crippen LogP contribution in [0, 0.1) is 10.1 Å². The van der Waals surface area contributed by atoms with Gasteiger partial charge in [-0.1, -0.05) is 11.6 Å². The topological polar surface area (TPSA) is 98.3 Å². The van der Waals surface area contributed by atoms with Crippen LogP contribution in [0.4, 0.5) is 11.4 Å². The van der Waals surface area contributed by atoms with Gasteiger partial charge in [0, 0.05) is 26.9 Å². The third-order valence-corrected chi connectivity index (χ3v) is 4.63. The molecule has 1 aromatic heterocycles. The summed E-state index contributed by atoms with van der Waals surface area (Å²) in [5.41, 5.74) is 5.44. The van der Waals surface area contributed by atoms with Gasteiger partial charge in [0.15, 0.2) is 0 Å². The van der Waals surface area contributed by atoms with Gasteiger partial charge in [0.2, 0.25) is 0 Å². The van der Waals surface area contributed by atoms with E-state index in [0.29, 0.717) is 6.54 Å². The number of hydrogen-bond donors (Lipinski definition) is 2. The van der Waals surface area contributed by atoms with Crippen molar-refractivity contribution < 1.29 is 9.72 Å². The summed E-state index contributed by atoms with van der Waals surface area (Å²) in [5.74, 6) is -0.511. The minimum absolute atomic E-state index is 0.00942. The van der Waals surface area contributed by atoms with E-state index in [-0.39, 0.29) is 22.0 Å². The maximum atomic E-state index is 12.1. The number of thiophene rings is 1. The van der Waals surface area contributed by atoms with Crippen molar-refractivity contribution in [2.24, 2.45) is 0 Å². The van der Waals surface area contributed by atoms with Crippen molar-refractivity contribution in [3.8, 4) is 0 Å². The molecule has 0 fully saturated rings. The summed E-state index contributed by atoms with van der Waals surface area (Å²) in [6, 6.07) is 4.10. The highest BCUT2D eigenvalue weighted by Gasteiger charge is 2.18. The number of carbonyl (C=O) groups excluding carboxylic acids is 1. The Hall–Kier alpha value is -1.64. The lowest BCUT2D eigenvalue weighted by molar-refractivity contribution is -0.384. The van der Waals surface area contributed by atoms with Gasteiger partial charge in [-0.2, -0.15) is 0 Å². The van der Waals surface area contributed by atoms with E-state index in [1.165, 1.54) is 11.3 Å². The van der Waals surface area contributed by atoms with Gasteiger partial charge >= 0.3 is 0 Å². The Balaban J connectivity index is 2.20. The molecule has 21 heavy (non-hydrogen) atoms. The van der Waals surface area contributed by atoms with Crippen LogP contribution in [0.3, 0.4) is 0 Å². The first-order chi connectivity index (χ1) is 9.88. The molecule has 0 aliphatic heterocycles. The molecule has 6 nitrogen and oxygen atoms in total. The number of nitro benzene ring substituents is 1. The van der Waals surface area contributed by atoms with Crippen molar-refractivity contribution in [3.05, 3.63) is 53.6 Å². The predicted molar refractivity (Wildman–Crippen MR) is 85.7 cm³/mol. The SMILES string of the molecule is Nc1c(Cl)cc([N+](=O)[O-])cc1C(=O)NCc1cc(Br)cs1. The quantitative estimate of drug-likeness (QED) is 0.473. The molecule has 0 aliphatic rings. The standard InChI is InChI=1S/C12H9BrClN3O3S/c13-6-1-8(21-5-6)4-16-12(18)9-2-7(17(19)20)3-10(14)11(9)15/h1-3,5H,4,15H2,(H,16,18). The van der Waals surface area contributed by atoms with E-state index in [2.05, 4.69) is 21.2 Å².